The minimum Gasteiger partial charge on any atom is -0.495 e. The van der Waals surface area contributed by atoms with E-state index < -0.39 is 0 Å². The molecule has 1 saturated carbocycles. The van der Waals surface area contributed by atoms with E-state index in [1.165, 1.54) is 12.8 Å². The van der Waals surface area contributed by atoms with Crippen molar-refractivity contribution >= 4 is 17.5 Å². The quantitative estimate of drug-likeness (QED) is 0.875. The van der Waals surface area contributed by atoms with E-state index in [0.29, 0.717) is 22.6 Å². The van der Waals surface area contributed by atoms with E-state index in [1.807, 2.05) is 12.1 Å². The van der Waals surface area contributed by atoms with E-state index in [4.69, 9.17) is 4.74 Å². The van der Waals surface area contributed by atoms with Gasteiger partial charge in [0, 0.05) is 17.2 Å². The molecular weight excluding hydrogens is 316 g/mol. The van der Waals surface area contributed by atoms with Gasteiger partial charge in [0.2, 0.25) is 0 Å². The molecule has 2 amide bonds. The molecule has 0 spiro atoms. The van der Waals surface area contributed by atoms with Gasteiger partial charge in [-0.25, -0.2) is 0 Å². The normalized spacial score (nSPS) is 14.1. The summed E-state index contributed by atoms with van der Waals surface area (Å²) in [7, 11) is 1.56. The molecule has 0 unspecified atom stereocenters. The fraction of sp³-hybridized carbons (Fsp3) is 0.300. The number of hydrogen-bond donors (Lipinski definition) is 2. The number of methoxy groups -OCH3 is 1. The lowest BCUT2D eigenvalue weighted by Crippen LogP contribution is -2.32. The van der Waals surface area contributed by atoms with Crippen molar-refractivity contribution in [1.82, 2.24) is 5.32 Å². The van der Waals surface area contributed by atoms with Crippen molar-refractivity contribution in [3.05, 3.63) is 59.7 Å². The van der Waals surface area contributed by atoms with Crippen LogP contribution >= 0.6 is 0 Å². The Morgan fingerprint density at radius 3 is 2.16 bits per heavy atom. The second kappa shape index (κ2) is 7.83. The van der Waals surface area contributed by atoms with Crippen LogP contribution in [0.25, 0.3) is 0 Å². The van der Waals surface area contributed by atoms with Gasteiger partial charge in [0.15, 0.2) is 0 Å². The van der Waals surface area contributed by atoms with E-state index >= 15 is 0 Å². The van der Waals surface area contributed by atoms with E-state index in [9.17, 15) is 9.59 Å². The fourth-order valence-electron chi connectivity index (χ4n) is 3.05. The van der Waals surface area contributed by atoms with Crippen LogP contribution in [0.15, 0.2) is 48.5 Å². The molecule has 130 valence electrons. The lowest BCUT2D eigenvalue weighted by atomic mass is 10.1. The third-order valence-corrected chi connectivity index (χ3v) is 4.45. The molecule has 1 aliphatic rings. The molecule has 0 bridgehead atoms. The maximum Gasteiger partial charge on any atom is 0.255 e. The Labute approximate surface area is 147 Å². The smallest absolute Gasteiger partial charge is 0.255 e. The van der Waals surface area contributed by atoms with Crippen LogP contribution in [0.2, 0.25) is 0 Å². The Morgan fingerprint density at radius 1 is 0.920 bits per heavy atom. The molecule has 1 fully saturated rings. The van der Waals surface area contributed by atoms with Gasteiger partial charge in [-0.1, -0.05) is 25.0 Å². The van der Waals surface area contributed by atoms with Crippen LogP contribution < -0.4 is 15.4 Å². The molecule has 0 atom stereocenters. The van der Waals surface area contributed by atoms with Crippen LogP contribution in [-0.4, -0.2) is 25.0 Å². The molecule has 0 aliphatic heterocycles. The van der Waals surface area contributed by atoms with Crippen LogP contribution in [-0.2, 0) is 0 Å². The molecule has 0 heterocycles. The third-order valence-electron chi connectivity index (χ3n) is 4.45. The number of ether oxygens (including phenoxy) is 1. The SMILES string of the molecule is COc1ccccc1NC(=O)c1ccc(C(=O)NC2CCCC2)cc1. The molecule has 0 radical (unpaired) electrons. The van der Waals surface area contributed by atoms with Gasteiger partial charge in [-0.3, -0.25) is 9.59 Å². The van der Waals surface area contributed by atoms with Crippen LogP contribution in [0.5, 0.6) is 5.75 Å². The standard InChI is InChI=1S/C20H22N2O3/c1-25-18-9-5-4-8-17(18)22-20(24)15-12-10-14(11-13-15)19(23)21-16-6-2-3-7-16/h4-5,8-13,16H,2-3,6-7H2,1H3,(H,21,23)(H,22,24). The zero-order valence-corrected chi connectivity index (χ0v) is 14.2. The average Bonchev–Trinajstić information content (AvgIpc) is 3.15. The van der Waals surface area contributed by atoms with Crippen molar-refractivity contribution in [2.75, 3.05) is 12.4 Å². The van der Waals surface area contributed by atoms with Crippen LogP contribution in [0, 0.1) is 0 Å². The van der Waals surface area contributed by atoms with Gasteiger partial charge in [-0.15, -0.1) is 0 Å². The Kier molecular flexibility index (Phi) is 5.33. The summed E-state index contributed by atoms with van der Waals surface area (Å²) in [4.78, 5) is 24.6. The number of amides is 2. The summed E-state index contributed by atoms with van der Waals surface area (Å²) < 4.78 is 5.23. The Morgan fingerprint density at radius 2 is 1.52 bits per heavy atom. The number of nitrogens with one attached hydrogen (secondary N) is 2. The van der Waals surface area contributed by atoms with E-state index in [1.54, 1.807) is 43.5 Å². The Bertz CT molecular complexity index is 750. The lowest BCUT2D eigenvalue weighted by Gasteiger charge is -2.12. The van der Waals surface area contributed by atoms with Crippen LogP contribution in [0.4, 0.5) is 5.69 Å². The monoisotopic (exact) mass is 338 g/mol. The summed E-state index contributed by atoms with van der Waals surface area (Å²) in [6, 6.07) is 14.2. The second-order valence-electron chi connectivity index (χ2n) is 6.19. The summed E-state index contributed by atoms with van der Waals surface area (Å²) in [5.74, 6) is 0.277. The minimum atomic E-state index is -0.243. The van der Waals surface area contributed by atoms with Crippen molar-refractivity contribution in [3.63, 3.8) is 0 Å². The molecule has 5 nitrogen and oxygen atoms in total. The second-order valence-corrected chi connectivity index (χ2v) is 6.19. The fourth-order valence-corrected chi connectivity index (χ4v) is 3.05. The van der Waals surface area contributed by atoms with Crippen LogP contribution in [0.3, 0.4) is 0 Å². The molecule has 25 heavy (non-hydrogen) atoms. The summed E-state index contributed by atoms with van der Waals surface area (Å²) in [6.07, 6.45) is 4.44. The number of para-hydroxylation sites is 2. The molecule has 5 heteroatoms. The number of anilines is 1. The summed E-state index contributed by atoms with van der Waals surface area (Å²) in [6.45, 7) is 0. The number of carbonyl (C=O) groups is 2. The van der Waals surface area contributed by atoms with Crippen LogP contribution in [0.1, 0.15) is 46.4 Å². The number of carbonyl (C=O) groups excluding carboxylic acids is 2. The highest BCUT2D eigenvalue weighted by Crippen LogP contribution is 2.23. The maximum atomic E-state index is 12.4. The predicted octanol–water partition coefficient (Wildman–Crippen LogP) is 3.62. The highest BCUT2D eigenvalue weighted by atomic mass is 16.5. The predicted molar refractivity (Wildman–Crippen MR) is 97.1 cm³/mol. The third kappa shape index (κ3) is 4.18. The van der Waals surface area contributed by atoms with Gasteiger partial charge in [0.25, 0.3) is 11.8 Å². The lowest BCUT2D eigenvalue weighted by molar-refractivity contribution is 0.0936. The van der Waals surface area contributed by atoms with Gasteiger partial charge in [-0.05, 0) is 49.2 Å². The van der Waals surface area contributed by atoms with E-state index in [0.717, 1.165) is 12.8 Å². The first-order chi connectivity index (χ1) is 12.2. The molecule has 2 aromatic rings. The van der Waals surface area contributed by atoms with E-state index in [-0.39, 0.29) is 17.9 Å². The van der Waals surface area contributed by atoms with Crippen molar-refractivity contribution < 1.29 is 14.3 Å². The van der Waals surface area contributed by atoms with Crippen molar-refractivity contribution in [2.24, 2.45) is 0 Å². The molecule has 0 saturated heterocycles. The molecular formula is C20H22N2O3. The number of rotatable bonds is 5. The number of benzene rings is 2. The van der Waals surface area contributed by atoms with Crippen molar-refractivity contribution in [1.29, 1.82) is 0 Å². The van der Waals surface area contributed by atoms with Gasteiger partial charge in [0.05, 0.1) is 12.8 Å². The molecule has 1 aliphatic carbocycles. The first-order valence-electron chi connectivity index (χ1n) is 8.52. The minimum absolute atomic E-state index is 0.0800. The Hall–Kier alpha value is -2.82. The molecule has 2 N–H and O–H groups in total. The average molecular weight is 338 g/mol. The molecule has 2 aromatic carbocycles. The zero-order valence-electron chi connectivity index (χ0n) is 14.2. The first-order valence-corrected chi connectivity index (χ1v) is 8.52. The molecule has 3 rings (SSSR count). The topological polar surface area (TPSA) is 67.4 Å². The molecule has 0 aromatic heterocycles. The largest absolute Gasteiger partial charge is 0.495 e. The van der Waals surface area contributed by atoms with Gasteiger partial charge in [-0.2, -0.15) is 0 Å². The first kappa shape index (κ1) is 17.0. The Balaban J connectivity index is 1.65. The van der Waals surface area contributed by atoms with E-state index in [2.05, 4.69) is 10.6 Å². The summed E-state index contributed by atoms with van der Waals surface area (Å²) in [5, 5.41) is 5.86. The van der Waals surface area contributed by atoms with Crippen molar-refractivity contribution in [2.45, 2.75) is 31.7 Å². The summed E-state index contributed by atoms with van der Waals surface area (Å²) in [5.41, 5.74) is 1.67. The van der Waals surface area contributed by atoms with Crippen molar-refractivity contribution in [3.8, 4) is 5.75 Å². The zero-order chi connectivity index (χ0) is 17.6. The number of hydrogen-bond acceptors (Lipinski definition) is 3. The summed E-state index contributed by atoms with van der Waals surface area (Å²) >= 11 is 0. The highest BCUT2D eigenvalue weighted by molar-refractivity contribution is 6.05. The highest BCUT2D eigenvalue weighted by Gasteiger charge is 2.18. The van der Waals surface area contributed by atoms with Gasteiger partial charge < -0.3 is 15.4 Å². The van der Waals surface area contributed by atoms with Gasteiger partial charge in [0.1, 0.15) is 5.75 Å². The van der Waals surface area contributed by atoms with Gasteiger partial charge >= 0.3 is 0 Å². The maximum absolute atomic E-state index is 12.4.